The Labute approximate surface area is 186 Å². The summed E-state index contributed by atoms with van der Waals surface area (Å²) in [5, 5.41) is 0.131. The van der Waals surface area contributed by atoms with Crippen LogP contribution < -0.4 is 4.74 Å². The molecule has 2 fully saturated rings. The van der Waals surface area contributed by atoms with Crippen LogP contribution in [0.15, 0.2) is 42.5 Å². The van der Waals surface area contributed by atoms with Gasteiger partial charge in [-0.25, -0.2) is 4.39 Å². The van der Waals surface area contributed by atoms with Crippen LogP contribution >= 0.6 is 11.6 Å². The average molecular weight is 445 g/mol. The molecule has 2 heterocycles. The molecule has 2 amide bonds. The van der Waals surface area contributed by atoms with E-state index in [1.54, 1.807) is 4.90 Å². The highest BCUT2D eigenvalue weighted by atomic mass is 35.5. The van der Waals surface area contributed by atoms with Crippen molar-refractivity contribution in [1.82, 2.24) is 9.80 Å². The lowest BCUT2D eigenvalue weighted by molar-refractivity contribution is 0.0633. The second kappa shape index (κ2) is 9.69. The monoisotopic (exact) mass is 444 g/mol. The standard InChI is InChI=1S/C24H26ClFN2O3/c25-22-14-19(26)7-10-21(22)24(30)28-13-3-4-17(15-28)16-31-20-8-5-18(6-9-20)23(29)27-11-1-2-12-27/h5-10,14,17H,1-4,11-13,15-16H2/t17-/m1/s1. The highest BCUT2D eigenvalue weighted by Gasteiger charge is 2.26. The number of halogens is 2. The maximum atomic E-state index is 13.3. The third kappa shape index (κ3) is 5.18. The number of piperidine rings is 1. The number of hydrogen-bond acceptors (Lipinski definition) is 3. The van der Waals surface area contributed by atoms with Gasteiger partial charge in [-0.05, 0) is 68.1 Å². The molecule has 2 aliphatic rings. The number of ether oxygens (including phenoxy) is 1. The van der Waals surface area contributed by atoms with Crippen LogP contribution in [0.5, 0.6) is 5.75 Å². The van der Waals surface area contributed by atoms with Crippen molar-refractivity contribution in [3.05, 3.63) is 64.4 Å². The zero-order valence-electron chi connectivity index (χ0n) is 17.4. The molecule has 2 aromatic carbocycles. The van der Waals surface area contributed by atoms with Gasteiger partial charge >= 0.3 is 0 Å². The van der Waals surface area contributed by atoms with Gasteiger partial charge in [0.15, 0.2) is 0 Å². The largest absolute Gasteiger partial charge is 0.493 e. The Morgan fingerprint density at radius 2 is 1.68 bits per heavy atom. The molecule has 5 nitrogen and oxygen atoms in total. The Kier molecular flexibility index (Phi) is 6.76. The maximum Gasteiger partial charge on any atom is 0.255 e. The number of nitrogens with zero attached hydrogens (tertiary/aromatic N) is 2. The van der Waals surface area contributed by atoms with E-state index in [2.05, 4.69) is 0 Å². The van der Waals surface area contributed by atoms with Gasteiger partial charge in [0, 0.05) is 37.7 Å². The SMILES string of the molecule is O=C(c1ccc(OC[C@@H]2CCCN(C(=O)c3ccc(F)cc3Cl)C2)cc1)N1CCCC1. The normalized spacial score (nSPS) is 18.8. The Balaban J connectivity index is 1.31. The molecular formula is C24H26ClFN2O3. The minimum absolute atomic E-state index is 0.0740. The Hall–Kier alpha value is -2.60. The molecule has 4 rings (SSSR count). The smallest absolute Gasteiger partial charge is 0.255 e. The number of benzene rings is 2. The van der Waals surface area contributed by atoms with Gasteiger partial charge in [0.1, 0.15) is 11.6 Å². The molecule has 0 N–H and O–H groups in total. The van der Waals surface area contributed by atoms with E-state index in [1.165, 1.54) is 12.1 Å². The first-order valence-electron chi connectivity index (χ1n) is 10.8. The first-order chi connectivity index (χ1) is 15.0. The number of hydrogen-bond donors (Lipinski definition) is 0. The molecule has 0 radical (unpaired) electrons. The second-order valence-corrected chi connectivity index (χ2v) is 8.63. The summed E-state index contributed by atoms with van der Waals surface area (Å²) in [6, 6.07) is 11.1. The number of carbonyl (C=O) groups excluding carboxylic acids is 2. The van der Waals surface area contributed by atoms with E-state index in [9.17, 15) is 14.0 Å². The lowest BCUT2D eigenvalue weighted by atomic mass is 9.98. The molecule has 164 valence electrons. The van der Waals surface area contributed by atoms with Crippen molar-refractivity contribution in [1.29, 1.82) is 0 Å². The predicted octanol–water partition coefficient (Wildman–Crippen LogP) is 4.65. The van der Waals surface area contributed by atoms with Crippen molar-refractivity contribution < 1.29 is 18.7 Å². The highest BCUT2D eigenvalue weighted by molar-refractivity contribution is 6.33. The fourth-order valence-corrected chi connectivity index (χ4v) is 4.48. The van der Waals surface area contributed by atoms with Crippen molar-refractivity contribution in [3.8, 4) is 5.75 Å². The second-order valence-electron chi connectivity index (χ2n) is 8.22. The first-order valence-corrected chi connectivity index (χ1v) is 11.2. The van der Waals surface area contributed by atoms with Crippen LogP contribution in [0.1, 0.15) is 46.4 Å². The van der Waals surface area contributed by atoms with Gasteiger partial charge in [0.2, 0.25) is 0 Å². The van der Waals surface area contributed by atoms with Gasteiger partial charge in [0.05, 0.1) is 17.2 Å². The van der Waals surface area contributed by atoms with E-state index in [-0.39, 0.29) is 22.8 Å². The average Bonchev–Trinajstić information content (AvgIpc) is 3.32. The zero-order valence-corrected chi connectivity index (χ0v) is 18.1. The zero-order chi connectivity index (χ0) is 21.8. The van der Waals surface area contributed by atoms with Gasteiger partial charge < -0.3 is 14.5 Å². The summed E-state index contributed by atoms with van der Waals surface area (Å²) in [6.45, 7) is 3.36. The summed E-state index contributed by atoms with van der Waals surface area (Å²) in [5.41, 5.74) is 1.00. The molecule has 2 saturated heterocycles. The minimum Gasteiger partial charge on any atom is -0.493 e. The Morgan fingerprint density at radius 1 is 0.968 bits per heavy atom. The molecule has 7 heteroatoms. The summed E-state index contributed by atoms with van der Waals surface area (Å²) in [5.74, 6) is 0.342. The van der Waals surface area contributed by atoms with Crippen molar-refractivity contribution in [3.63, 3.8) is 0 Å². The number of amides is 2. The van der Waals surface area contributed by atoms with E-state index >= 15 is 0 Å². The summed E-state index contributed by atoms with van der Waals surface area (Å²) >= 11 is 6.06. The highest BCUT2D eigenvalue weighted by Crippen LogP contribution is 2.24. The molecular weight excluding hydrogens is 419 g/mol. The van der Waals surface area contributed by atoms with Gasteiger partial charge in [0.25, 0.3) is 11.8 Å². The van der Waals surface area contributed by atoms with Gasteiger partial charge in [-0.1, -0.05) is 11.6 Å². The summed E-state index contributed by atoms with van der Waals surface area (Å²) < 4.78 is 19.2. The quantitative estimate of drug-likeness (QED) is 0.674. The summed E-state index contributed by atoms with van der Waals surface area (Å²) in [7, 11) is 0. The van der Waals surface area contributed by atoms with Gasteiger partial charge in [-0.3, -0.25) is 9.59 Å². The number of likely N-dealkylation sites (tertiary alicyclic amines) is 2. The molecule has 2 aliphatic heterocycles. The molecule has 0 aliphatic carbocycles. The third-order valence-corrected chi connectivity index (χ3v) is 6.26. The summed E-state index contributed by atoms with van der Waals surface area (Å²) in [4.78, 5) is 28.9. The lowest BCUT2D eigenvalue weighted by Gasteiger charge is -2.33. The lowest BCUT2D eigenvalue weighted by Crippen LogP contribution is -2.41. The van der Waals surface area contributed by atoms with Crippen LogP contribution in [0, 0.1) is 11.7 Å². The van der Waals surface area contributed by atoms with Gasteiger partial charge in [-0.15, -0.1) is 0 Å². The van der Waals surface area contributed by atoms with Gasteiger partial charge in [-0.2, -0.15) is 0 Å². The Bertz CT molecular complexity index is 944. The molecule has 0 aromatic heterocycles. The van der Waals surface area contributed by atoms with E-state index in [4.69, 9.17) is 16.3 Å². The van der Waals surface area contributed by atoms with Crippen LogP contribution in [0.25, 0.3) is 0 Å². The van der Waals surface area contributed by atoms with E-state index in [1.807, 2.05) is 29.2 Å². The predicted molar refractivity (Wildman–Crippen MR) is 117 cm³/mol. The summed E-state index contributed by atoms with van der Waals surface area (Å²) in [6.07, 6.45) is 3.98. The van der Waals surface area contributed by atoms with Crippen molar-refractivity contribution >= 4 is 23.4 Å². The minimum atomic E-state index is -0.459. The van der Waals surface area contributed by atoms with Crippen LogP contribution in [0.3, 0.4) is 0 Å². The van der Waals surface area contributed by atoms with Crippen molar-refractivity contribution in [2.75, 3.05) is 32.8 Å². The van der Waals surface area contributed by atoms with E-state index < -0.39 is 5.82 Å². The fraction of sp³-hybridized carbons (Fsp3) is 0.417. The number of rotatable bonds is 5. The number of carbonyl (C=O) groups is 2. The maximum absolute atomic E-state index is 13.3. The molecule has 0 bridgehead atoms. The topological polar surface area (TPSA) is 49.9 Å². The Morgan fingerprint density at radius 3 is 2.39 bits per heavy atom. The van der Waals surface area contributed by atoms with Crippen LogP contribution in [0.4, 0.5) is 4.39 Å². The van der Waals surface area contributed by atoms with E-state index in [0.29, 0.717) is 36.6 Å². The first kappa shape index (κ1) is 21.6. The van der Waals surface area contributed by atoms with Crippen molar-refractivity contribution in [2.24, 2.45) is 5.92 Å². The molecule has 0 spiro atoms. The van der Waals surface area contributed by atoms with Crippen LogP contribution in [-0.4, -0.2) is 54.4 Å². The molecule has 1 atom stereocenters. The fourth-order valence-electron chi connectivity index (χ4n) is 4.23. The van der Waals surface area contributed by atoms with Crippen molar-refractivity contribution in [2.45, 2.75) is 25.7 Å². The third-order valence-electron chi connectivity index (χ3n) is 5.95. The van der Waals surface area contributed by atoms with Crippen LogP contribution in [-0.2, 0) is 0 Å². The van der Waals surface area contributed by atoms with E-state index in [0.717, 1.165) is 44.8 Å². The molecule has 2 aromatic rings. The van der Waals surface area contributed by atoms with Crippen LogP contribution in [0.2, 0.25) is 5.02 Å². The molecule has 0 saturated carbocycles. The molecule has 31 heavy (non-hydrogen) atoms. The molecule has 0 unspecified atom stereocenters.